The number of nitrogens with zero attached hydrogens (tertiary/aromatic N) is 3. The average Bonchev–Trinajstić information content (AvgIpc) is 3.04. The van der Waals surface area contributed by atoms with Crippen LogP contribution in [0.25, 0.3) is 11.1 Å². The highest BCUT2D eigenvalue weighted by atomic mass is 16.5. The fraction of sp³-hybridized carbons (Fsp3) is 0.235. The molecule has 0 saturated carbocycles. The number of hydrogen-bond donors (Lipinski definition) is 1. The number of pyridine rings is 1. The number of carboxylic acid groups (broad SMARTS) is 1. The van der Waals surface area contributed by atoms with E-state index in [0.717, 1.165) is 5.56 Å². The number of ether oxygens (including phenoxy) is 2. The van der Waals surface area contributed by atoms with E-state index in [1.165, 1.54) is 4.90 Å². The molecule has 1 aromatic heterocycles. The van der Waals surface area contributed by atoms with E-state index < -0.39 is 5.97 Å². The standard InChI is InChI=1S/C34H35N3O6/c1-4-43-29-17-16-24(23-30(29)42-3)18-21-37(22-19-32(38)39)34(41)28-14-8-6-12-26(28)25-11-5-7-13-27(25)33(40)36(2)31-15-9-10-20-35-31/h5-17,20,23H,4,18-19,21-22H2,1-3H3,(H,38,39). The summed E-state index contributed by atoms with van der Waals surface area (Å²) in [5, 5.41) is 9.41. The molecule has 43 heavy (non-hydrogen) atoms. The molecule has 1 N–H and O–H groups in total. The predicted octanol–water partition coefficient (Wildman–Crippen LogP) is 5.59. The highest BCUT2D eigenvalue weighted by molar-refractivity contribution is 6.11. The number of rotatable bonds is 13. The molecule has 0 spiro atoms. The van der Waals surface area contributed by atoms with E-state index in [1.807, 2.05) is 37.3 Å². The second kappa shape index (κ2) is 14.6. The average molecular weight is 582 g/mol. The summed E-state index contributed by atoms with van der Waals surface area (Å²) in [5.74, 6) is 0.118. The monoisotopic (exact) mass is 581 g/mol. The summed E-state index contributed by atoms with van der Waals surface area (Å²) in [5.41, 5.74) is 2.87. The van der Waals surface area contributed by atoms with Gasteiger partial charge in [0.2, 0.25) is 0 Å². The smallest absolute Gasteiger partial charge is 0.305 e. The Morgan fingerprint density at radius 3 is 2.07 bits per heavy atom. The molecule has 0 saturated heterocycles. The number of anilines is 1. The van der Waals surface area contributed by atoms with Gasteiger partial charge >= 0.3 is 5.97 Å². The lowest BCUT2D eigenvalue weighted by Gasteiger charge is -2.24. The first-order valence-electron chi connectivity index (χ1n) is 14.0. The molecule has 9 heteroatoms. The van der Waals surface area contributed by atoms with Crippen LogP contribution in [0.2, 0.25) is 0 Å². The van der Waals surface area contributed by atoms with E-state index in [9.17, 15) is 19.5 Å². The van der Waals surface area contributed by atoms with Gasteiger partial charge in [0, 0.05) is 37.5 Å². The van der Waals surface area contributed by atoms with Gasteiger partial charge in [-0.25, -0.2) is 4.98 Å². The molecule has 4 aromatic rings. The maximum absolute atomic E-state index is 14.1. The molecule has 4 rings (SSSR count). The van der Waals surface area contributed by atoms with Crippen LogP contribution in [0.5, 0.6) is 11.5 Å². The van der Waals surface area contributed by atoms with Gasteiger partial charge in [0.05, 0.1) is 20.1 Å². The first kappa shape index (κ1) is 30.8. The second-order valence-corrected chi connectivity index (χ2v) is 9.75. The molecular weight excluding hydrogens is 546 g/mol. The highest BCUT2D eigenvalue weighted by Gasteiger charge is 2.24. The molecule has 0 aliphatic heterocycles. The van der Waals surface area contributed by atoms with E-state index in [4.69, 9.17) is 9.47 Å². The summed E-state index contributed by atoms with van der Waals surface area (Å²) in [4.78, 5) is 46.5. The number of aliphatic carboxylic acids is 1. The topological polar surface area (TPSA) is 109 Å². The number of hydrogen-bond acceptors (Lipinski definition) is 6. The Morgan fingerprint density at radius 2 is 1.47 bits per heavy atom. The van der Waals surface area contributed by atoms with Gasteiger partial charge in [-0.15, -0.1) is 0 Å². The minimum atomic E-state index is -0.998. The molecule has 0 aliphatic carbocycles. The lowest BCUT2D eigenvalue weighted by Crippen LogP contribution is -2.35. The number of aromatic nitrogens is 1. The molecule has 222 valence electrons. The zero-order valence-corrected chi connectivity index (χ0v) is 24.5. The van der Waals surface area contributed by atoms with Gasteiger partial charge in [0.15, 0.2) is 11.5 Å². The Hall–Kier alpha value is -5.18. The van der Waals surface area contributed by atoms with E-state index in [-0.39, 0.29) is 31.3 Å². The number of carbonyl (C=O) groups is 3. The zero-order valence-electron chi connectivity index (χ0n) is 24.5. The summed E-state index contributed by atoms with van der Waals surface area (Å²) in [6.07, 6.45) is 1.89. The summed E-state index contributed by atoms with van der Waals surface area (Å²) in [6.45, 7) is 2.70. The molecule has 0 radical (unpaired) electrons. The number of benzene rings is 3. The summed E-state index contributed by atoms with van der Waals surface area (Å²) in [6, 6.07) is 25.1. The minimum Gasteiger partial charge on any atom is -0.493 e. The number of methoxy groups -OCH3 is 1. The predicted molar refractivity (Wildman–Crippen MR) is 165 cm³/mol. The van der Waals surface area contributed by atoms with Crippen LogP contribution in [0.4, 0.5) is 5.82 Å². The fourth-order valence-electron chi connectivity index (χ4n) is 4.77. The molecule has 3 aromatic carbocycles. The maximum Gasteiger partial charge on any atom is 0.305 e. The van der Waals surface area contributed by atoms with Crippen LogP contribution in [0.1, 0.15) is 39.6 Å². The summed E-state index contributed by atoms with van der Waals surface area (Å²) >= 11 is 0. The quantitative estimate of drug-likeness (QED) is 0.219. The van der Waals surface area contributed by atoms with Crippen LogP contribution < -0.4 is 14.4 Å². The minimum absolute atomic E-state index is 0.0274. The van der Waals surface area contributed by atoms with Gasteiger partial charge in [-0.05, 0) is 66.4 Å². The normalized spacial score (nSPS) is 10.6. The van der Waals surface area contributed by atoms with Gasteiger partial charge in [-0.2, -0.15) is 0 Å². The van der Waals surface area contributed by atoms with Gasteiger partial charge in [-0.3, -0.25) is 19.3 Å². The van der Waals surface area contributed by atoms with Crippen molar-refractivity contribution in [3.05, 3.63) is 108 Å². The van der Waals surface area contributed by atoms with Crippen LogP contribution in [0.3, 0.4) is 0 Å². The molecular formula is C34H35N3O6. The Morgan fingerprint density at radius 1 is 0.814 bits per heavy atom. The summed E-state index contributed by atoms with van der Waals surface area (Å²) < 4.78 is 11.1. The van der Waals surface area contributed by atoms with Crippen molar-refractivity contribution in [3.63, 3.8) is 0 Å². The molecule has 0 atom stereocenters. The Bertz CT molecular complexity index is 1570. The van der Waals surface area contributed by atoms with Gasteiger partial charge < -0.3 is 19.5 Å². The largest absolute Gasteiger partial charge is 0.493 e. The summed E-state index contributed by atoms with van der Waals surface area (Å²) in [7, 11) is 3.22. The van der Waals surface area contributed by atoms with Gasteiger partial charge in [0.25, 0.3) is 11.8 Å². The Labute approximate surface area is 251 Å². The van der Waals surface area contributed by atoms with Crippen molar-refractivity contribution in [3.8, 4) is 22.6 Å². The van der Waals surface area contributed by atoms with Crippen LogP contribution in [0, 0.1) is 0 Å². The van der Waals surface area contributed by atoms with Crippen molar-refractivity contribution in [1.82, 2.24) is 9.88 Å². The molecule has 0 fully saturated rings. The number of amides is 2. The first-order valence-corrected chi connectivity index (χ1v) is 14.0. The van der Waals surface area contributed by atoms with Crippen LogP contribution in [0.15, 0.2) is 91.1 Å². The van der Waals surface area contributed by atoms with E-state index in [1.54, 1.807) is 79.9 Å². The first-order chi connectivity index (χ1) is 20.8. The molecule has 0 bridgehead atoms. The third-order valence-electron chi connectivity index (χ3n) is 6.98. The van der Waals surface area contributed by atoms with Crippen LogP contribution in [-0.2, 0) is 11.2 Å². The van der Waals surface area contributed by atoms with Crippen molar-refractivity contribution in [2.45, 2.75) is 19.8 Å². The zero-order chi connectivity index (χ0) is 30.8. The molecule has 9 nitrogen and oxygen atoms in total. The Kier molecular flexibility index (Phi) is 10.5. The maximum atomic E-state index is 14.1. The number of carboxylic acids is 1. The van der Waals surface area contributed by atoms with E-state index in [2.05, 4.69) is 4.98 Å². The van der Waals surface area contributed by atoms with E-state index >= 15 is 0 Å². The molecule has 0 aliphatic rings. The lowest BCUT2D eigenvalue weighted by atomic mass is 9.94. The molecule has 0 unspecified atom stereocenters. The van der Waals surface area contributed by atoms with E-state index in [0.29, 0.717) is 52.6 Å². The third kappa shape index (κ3) is 7.56. The molecule has 2 amide bonds. The highest BCUT2D eigenvalue weighted by Crippen LogP contribution is 2.31. The van der Waals surface area contributed by atoms with Crippen molar-refractivity contribution in [1.29, 1.82) is 0 Å². The SMILES string of the molecule is CCOc1ccc(CCN(CCC(=O)O)C(=O)c2ccccc2-c2ccccc2C(=O)N(C)c2ccccn2)cc1OC. The number of carbonyl (C=O) groups excluding carboxylic acids is 2. The van der Waals surface area contributed by atoms with Crippen molar-refractivity contribution in [2.24, 2.45) is 0 Å². The van der Waals surface area contributed by atoms with Gasteiger partial charge in [0.1, 0.15) is 5.82 Å². The lowest BCUT2D eigenvalue weighted by molar-refractivity contribution is -0.137. The van der Waals surface area contributed by atoms with Crippen molar-refractivity contribution >= 4 is 23.6 Å². The van der Waals surface area contributed by atoms with Gasteiger partial charge in [-0.1, -0.05) is 48.5 Å². The van der Waals surface area contributed by atoms with Crippen molar-refractivity contribution in [2.75, 3.05) is 38.8 Å². The molecule has 1 heterocycles. The second-order valence-electron chi connectivity index (χ2n) is 9.75. The fourth-order valence-corrected chi connectivity index (χ4v) is 4.77. The third-order valence-corrected chi connectivity index (χ3v) is 6.98. The van der Waals surface area contributed by atoms with Crippen LogP contribution in [-0.4, -0.2) is 66.6 Å². The van der Waals surface area contributed by atoms with Crippen molar-refractivity contribution < 1.29 is 29.0 Å². The van der Waals surface area contributed by atoms with Crippen LogP contribution >= 0.6 is 0 Å². The Balaban J connectivity index is 1.65.